The molecule has 2 aromatic rings. The number of carbonyl (C=O) groups is 2. The fraction of sp³-hybridized carbons (Fsp3) is 0.500. The van der Waals surface area contributed by atoms with Crippen molar-refractivity contribution in [1.29, 1.82) is 5.26 Å². The van der Waals surface area contributed by atoms with Crippen LogP contribution in [0, 0.1) is 17.2 Å². The molecule has 1 saturated heterocycles. The molecule has 2 amide bonds. The van der Waals surface area contributed by atoms with E-state index in [4.69, 9.17) is 14.7 Å². The molecule has 1 aliphatic rings. The Hall–Kier alpha value is -3.53. The van der Waals surface area contributed by atoms with Crippen LogP contribution in [0.3, 0.4) is 0 Å². The van der Waals surface area contributed by atoms with Gasteiger partial charge in [0.1, 0.15) is 17.9 Å². The van der Waals surface area contributed by atoms with Crippen LogP contribution in [0.5, 0.6) is 5.75 Å². The molecule has 1 heterocycles. The number of likely N-dealkylation sites (tertiary alicyclic amines) is 1. The molecule has 2 atom stereocenters. The number of carbonyl (C=O) groups excluding carboxylic acids is 2. The van der Waals surface area contributed by atoms with Gasteiger partial charge in [-0.1, -0.05) is 50.2 Å². The molecule has 0 aromatic heterocycles. The summed E-state index contributed by atoms with van der Waals surface area (Å²) in [6, 6.07) is 17.6. The zero-order valence-electron chi connectivity index (χ0n) is 22.6. The van der Waals surface area contributed by atoms with E-state index >= 15 is 0 Å². The summed E-state index contributed by atoms with van der Waals surface area (Å²) in [5, 5.41) is 11.7. The Morgan fingerprint density at radius 1 is 1.14 bits per heavy atom. The van der Waals surface area contributed by atoms with Gasteiger partial charge in [-0.25, -0.2) is 4.79 Å². The molecular formula is C30H39N3O4. The molecule has 1 N–H and O–H groups in total. The number of hydrogen-bond acceptors (Lipinski definition) is 5. The fourth-order valence-electron chi connectivity index (χ4n) is 4.61. The van der Waals surface area contributed by atoms with Gasteiger partial charge in [-0.05, 0) is 74.8 Å². The Morgan fingerprint density at radius 3 is 2.59 bits per heavy atom. The quantitative estimate of drug-likeness (QED) is 0.428. The summed E-state index contributed by atoms with van der Waals surface area (Å²) in [6.07, 6.45) is 2.52. The molecular weight excluding hydrogens is 466 g/mol. The van der Waals surface area contributed by atoms with Gasteiger partial charge in [-0.3, -0.25) is 9.69 Å². The molecule has 0 spiro atoms. The Labute approximate surface area is 220 Å². The van der Waals surface area contributed by atoms with Gasteiger partial charge in [-0.2, -0.15) is 5.26 Å². The summed E-state index contributed by atoms with van der Waals surface area (Å²) in [7, 11) is 0. The number of hydrogen-bond donors (Lipinski definition) is 1. The van der Waals surface area contributed by atoms with E-state index in [1.165, 1.54) is 0 Å². The molecule has 2 unspecified atom stereocenters. The van der Waals surface area contributed by atoms with Gasteiger partial charge < -0.3 is 14.8 Å². The predicted molar refractivity (Wildman–Crippen MR) is 144 cm³/mol. The topological polar surface area (TPSA) is 91.7 Å². The van der Waals surface area contributed by atoms with Crippen LogP contribution in [0.2, 0.25) is 0 Å². The number of piperidine rings is 1. The zero-order chi connectivity index (χ0) is 27.0. The first-order valence-corrected chi connectivity index (χ1v) is 13.1. The van der Waals surface area contributed by atoms with E-state index in [0.717, 1.165) is 36.0 Å². The minimum absolute atomic E-state index is 0.0194. The standard InChI is InChI=1S/C30H39N3O4/c1-21(2)19-26(28(34)32-17-16-31)25-14-7-6-13-24(25)22-11-10-12-23(20-22)36-27-15-8-9-18-33(27)29(35)37-30(3,4)5/h6-7,10-14,20-21,26-27H,8-9,15,17-19H2,1-5H3,(H,32,34). The summed E-state index contributed by atoms with van der Waals surface area (Å²) in [6.45, 7) is 10.3. The van der Waals surface area contributed by atoms with E-state index in [-0.39, 0.29) is 24.5 Å². The lowest BCUT2D eigenvalue weighted by molar-refractivity contribution is -0.122. The van der Waals surface area contributed by atoms with Crippen molar-refractivity contribution in [2.75, 3.05) is 13.1 Å². The van der Waals surface area contributed by atoms with E-state index in [1.54, 1.807) is 4.90 Å². The van der Waals surface area contributed by atoms with Crippen LogP contribution in [-0.4, -0.2) is 41.8 Å². The van der Waals surface area contributed by atoms with Crippen LogP contribution in [-0.2, 0) is 9.53 Å². The van der Waals surface area contributed by atoms with Crippen LogP contribution in [0.25, 0.3) is 11.1 Å². The first-order valence-electron chi connectivity index (χ1n) is 13.1. The van der Waals surface area contributed by atoms with Gasteiger partial charge in [0.15, 0.2) is 6.23 Å². The lowest BCUT2D eigenvalue weighted by Gasteiger charge is -2.36. The highest BCUT2D eigenvalue weighted by Gasteiger charge is 2.32. The third kappa shape index (κ3) is 7.98. The molecule has 0 radical (unpaired) electrons. The van der Waals surface area contributed by atoms with Crippen molar-refractivity contribution in [2.24, 2.45) is 5.92 Å². The van der Waals surface area contributed by atoms with Crippen molar-refractivity contribution in [1.82, 2.24) is 10.2 Å². The number of amides is 2. The number of rotatable bonds is 8. The molecule has 2 aromatic carbocycles. The number of nitrogens with zero attached hydrogens (tertiary/aromatic N) is 2. The van der Waals surface area contributed by atoms with Crippen molar-refractivity contribution >= 4 is 12.0 Å². The lowest BCUT2D eigenvalue weighted by Crippen LogP contribution is -2.48. The maximum absolute atomic E-state index is 13.0. The van der Waals surface area contributed by atoms with Crippen molar-refractivity contribution in [2.45, 2.75) is 78.0 Å². The monoisotopic (exact) mass is 505 g/mol. The van der Waals surface area contributed by atoms with Gasteiger partial charge in [0.2, 0.25) is 5.91 Å². The first kappa shape index (κ1) is 28.0. The molecule has 0 aliphatic carbocycles. The van der Waals surface area contributed by atoms with Crippen LogP contribution in [0.4, 0.5) is 4.79 Å². The predicted octanol–water partition coefficient (Wildman–Crippen LogP) is 6.25. The van der Waals surface area contributed by atoms with Crippen LogP contribution < -0.4 is 10.1 Å². The van der Waals surface area contributed by atoms with Crippen molar-refractivity contribution in [3.05, 3.63) is 54.1 Å². The van der Waals surface area contributed by atoms with E-state index in [0.29, 0.717) is 24.6 Å². The number of ether oxygens (including phenoxy) is 2. The molecule has 0 saturated carbocycles. The van der Waals surface area contributed by atoms with Crippen molar-refractivity contribution in [3.8, 4) is 22.9 Å². The molecule has 37 heavy (non-hydrogen) atoms. The molecule has 7 nitrogen and oxygen atoms in total. The highest BCUT2D eigenvalue weighted by Crippen LogP contribution is 2.35. The van der Waals surface area contributed by atoms with Gasteiger partial charge in [0.05, 0.1) is 12.0 Å². The zero-order valence-corrected chi connectivity index (χ0v) is 22.6. The molecule has 198 valence electrons. The maximum Gasteiger partial charge on any atom is 0.413 e. The van der Waals surface area contributed by atoms with E-state index in [2.05, 4.69) is 19.2 Å². The highest BCUT2D eigenvalue weighted by atomic mass is 16.6. The smallest absolute Gasteiger partial charge is 0.413 e. The normalized spacial score (nSPS) is 16.6. The van der Waals surface area contributed by atoms with Gasteiger partial charge in [0.25, 0.3) is 0 Å². The van der Waals surface area contributed by atoms with Crippen LogP contribution in [0.15, 0.2) is 48.5 Å². The first-order chi connectivity index (χ1) is 17.6. The number of nitrogens with one attached hydrogen (secondary N) is 1. The Bertz CT molecular complexity index is 1120. The Balaban J connectivity index is 1.89. The van der Waals surface area contributed by atoms with Gasteiger partial charge in [-0.15, -0.1) is 0 Å². The summed E-state index contributed by atoms with van der Waals surface area (Å²) >= 11 is 0. The average Bonchev–Trinajstić information content (AvgIpc) is 2.85. The minimum Gasteiger partial charge on any atom is -0.470 e. The Morgan fingerprint density at radius 2 is 1.89 bits per heavy atom. The van der Waals surface area contributed by atoms with Gasteiger partial charge >= 0.3 is 6.09 Å². The second kappa shape index (κ2) is 12.6. The molecule has 7 heteroatoms. The third-order valence-electron chi connectivity index (χ3n) is 6.19. The van der Waals surface area contributed by atoms with Crippen molar-refractivity contribution < 1.29 is 19.1 Å². The summed E-state index contributed by atoms with van der Waals surface area (Å²) in [4.78, 5) is 27.5. The maximum atomic E-state index is 13.0. The van der Waals surface area contributed by atoms with Gasteiger partial charge in [0, 0.05) is 13.0 Å². The van der Waals surface area contributed by atoms with Crippen LogP contribution in [0.1, 0.15) is 71.8 Å². The second-order valence-electron chi connectivity index (χ2n) is 10.9. The molecule has 1 fully saturated rings. The number of nitriles is 1. The molecule has 0 bridgehead atoms. The van der Waals surface area contributed by atoms with E-state index < -0.39 is 11.8 Å². The minimum atomic E-state index is -0.575. The molecule has 1 aliphatic heterocycles. The molecule has 3 rings (SSSR count). The second-order valence-corrected chi connectivity index (χ2v) is 10.9. The highest BCUT2D eigenvalue weighted by molar-refractivity contribution is 5.87. The van der Waals surface area contributed by atoms with E-state index in [1.807, 2.05) is 75.4 Å². The summed E-state index contributed by atoms with van der Waals surface area (Å²) in [5.41, 5.74) is 2.21. The fourth-order valence-corrected chi connectivity index (χ4v) is 4.61. The lowest BCUT2D eigenvalue weighted by atomic mass is 9.84. The number of benzene rings is 2. The van der Waals surface area contributed by atoms with E-state index in [9.17, 15) is 9.59 Å². The third-order valence-corrected chi connectivity index (χ3v) is 6.19. The van der Waals surface area contributed by atoms with Crippen molar-refractivity contribution in [3.63, 3.8) is 0 Å². The SMILES string of the molecule is CC(C)CC(C(=O)NCC#N)c1ccccc1-c1cccc(OC2CCCCN2C(=O)OC(C)(C)C)c1. The average molecular weight is 506 g/mol. The summed E-state index contributed by atoms with van der Waals surface area (Å²) in [5.74, 6) is 0.424. The van der Waals surface area contributed by atoms with Crippen LogP contribution >= 0.6 is 0 Å². The summed E-state index contributed by atoms with van der Waals surface area (Å²) < 4.78 is 12.0. The largest absolute Gasteiger partial charge is 0.470 e. The Kier molecular flexibility index (Phi) is 9.57.